The van der Waals surface area contributed by atoms with Crippen LogP contribution in [0.5, 0.6) is 0 Å². The molecule has 1 N–H and O–H groups in total. The summed E-state index contributed by atoms with van der Waals surface area (Å²) < 4.78 is 13.8. The summed E-state index contributed by atoms with van der Waals surface area (Å²) in [6.07, 6.45) is 0. The van der Waals surface area contributed by atoms with Crippen molar-refractivity contribution in [1.82, 2.24) is 14.9 Å². The van der Waals surface area contributed by atoms with E-state index in [1.54, 1.807) is 23.1 Å². The topological polar surface area (TPSA) is 61.4 Å². The number of carbonyl (C=O) groups excluding carboxylic acids is 1. The molecule has 31 heavy (non-hydrogen) atoms. The van der Waals surface area contributed by atoms with Crippen molar-refractivity contribution >= 4 is 17.5 Å². The van der Waals surface area contributed by atoms with Crippen LogP contribution in [0.3, 0.4) is 0 Å². The van der Waals surface area contributed by atoms with Gasteiger partial charge in [-0.15, -0.1) is 0 Å². The van der Waals surface area contributed by atoms with Crippen LogP contribution in [0.25, 0.3) is 11.4 Å². The van der Waals surface area contributed by atoms with Crippen molar-refractivity contribution in [2.45, 2.75) is 20.8 Å². The van der Waals surface area contributed by atoms with E-state index in [1.807, 2.05) is 26.0 Å². The number of anilines is 2. The number of hydrogen-bond acceptors (Lipinski definition) is 4. The molecular formula is C24H26FN5O. The Morgan fingerprint density at radius 2 is 1.71 bits per heavy atom. The van der Waals surface area contributed by atoms with Gasteiger partial charge in [-0.1, -0.05) is 35.9 Å². The van der Waals surface area contributed by atoms with Crippen molar-refractivity contribution < 1.29 is 9.18 Å². The van der Waals surface area contributed by atoms with E-state index in [-0.39, 0.29) is 11.7 Å². The molecule has 0 aliphatic carbocycles. The fraction of sp³-hybridized carbons (Fsp3) is 0.292. The number of nitrogens with one attached hydrogen (secondary N) is 1. The molecule has 1 aromatic heterocycles. The van der Waals surface area contributed by atoms with Gasteiger partial charge in [0, 0.05) is 43.0 Å². The molecule has 0 spiro atoms. The first-order valence-electron chi connectivity index (χ1n) is 10.4. The lowest BCUT2D eigenvalue weighted by molar-refractivity contribution is 0.208. The first-order chi connectivity index (χ1) is 14.9. The van der Waals surface area contributed by atoms with Gasteiger partial charge in [-0.05, 0) is 39.0 Å². The zero-order valence-corrected chi connectivity index (χ0v) is 18.0. The van der Waals surface area contributed by atoms with Crippen molar-refractivity contribution in [2.75, 3.05) is 36.4 Å². The number of aryl methyl sites for hydroxylation is 2. The highest BCUT2D eigenvalue weighted by Gasteiger charge is 2.24. The van der Waals surface area contributed by atoms with E-state index in [0.29, 0.717) is 32.0 Å². The molecule has 0 saturated carbocycles. The van der Waals surface area contributed by atoms with Crippen molar-refractivity contribution in [3.05, 3.63) is 71.2 Å². The van der Waals surface area contributed by atoms with Gasteiger partial charge < -0.3 is 15.1 Å². The Balaban J connectivity index is 1.48. The lowest BCUT2D eigenvalue weighted by atomic mass is 10.1. The zero-order valence-electron chi connectivity index (χ0n) is 18.0. The number of piperazine rings is 1. The number of urea groups is 1. The van der Waals surface area contributed by atoms with E-state index >= 15 is 0 Å². The highest BCUT2D eigenvalue weighted by molar-refractivity contribution is 5.89. The second kappa shape index (κ2) is 8.71. The zero-order chi connectivity index (χ0) is 22.0. The molecule has 1 fully saturated rings. The summed E-state index contributed by atoms with van der Waals surface area (Å²) in [4.78, 5) is 26.0. The van der Waals surface area contributed by atoms with Crippen molar-refractivity contribution in [2.24, 2.45) is 0 Å². The summed E-state index contributed by atoms with van der Waals surface area (Å²) in [7, 11) is 0. The van der Waals surface area contributed by atoms with Crippen molar-refractivity contribution in [3.8, 4) is 11.4 Å². The second-order valence-electron chi connectivity index (χ2n) is 7.83. The number of halogens is 1. The van der Waals surface area contributed by atoms with Crippen LogP contribution in [0.2, 0.25) is 0 Å². The lowest BCUT2D eigenvalue weighted by Crippen LogP contribution is -2.50. The Hall–Kier alpha value is -3.48. The molecule has 2 amide bonds. The number of para-hydroxylation sites is 1. The summed E-state index contributed by atoms with van der Waals surface area (Å²) in [6, 6.07) is 14.1. The summed E-state index contributed by atoms with van der Waals surface area (Å²) >= 11 is 0. The van der Waals surface area contributed by atoms with Crippen LogP contribution in [-0.2, 0) is 0 Å². The van der Waals surface area contributed by atoms with Gasteiger partial charge in [-0.3, -0.25) is 0 Å². The van der Waals surface area contributed by atoms with Crippen molar-refractivity contribution in [3.63, 3.8) is 0 Å². The molecular weight excluding hydrogens is 393 g/mol. The van der Waals surface area contributed by atoms with Gasteiger partial charge >= 0.3 is 6.03 Å². The number of rotatable bonds is 3. The summed E-state index contributed by atoms with van der Waals surface area (Å²) in [6.45, 7) is 8.44. The van der Waals surface area contributed by atoms with E-state index in [1.165, 1.54) is 6.07 Å². The first-order valence-corrected chi connectivity index (χ1v) is 10.4. The molecule has 7 heteroatoms. The molecule has 2 aromatic carbocycles. The number of carbonyl (C=O) groups is 1. The number of amides is 2. The summed E-state index contributed by atoms with van der Waals surface area (Å²) in [5.74, 6) is 1.17. The molecule has 0 atom stereocenters. The van der Waals surface area contributed by atoms with Gasteiger partial charge in [-0.2, -0.15) is 0 Å². The Morgan fingerprint density at radius 3 is 2.42 bits per heavy atom. The predicted molar refractivity (Wildman–Crippen MR) is 121 cm³/mol. The molecule has 1 aliphatic rings. The number of aromatic nitrogens is 2. The van der Waals surface area contributed by atoms with E-state index in [9.17, 15) is 9.18 Å². The predicted octanol–water partition coefficient (Wildman–Crippen LogP) is 4.56. The van der Waals surface area contributed by atoms with E-state index in [4.69, 9.17) is 9.97 Å². The molecule has 0 radical (unpaired) electrons. The Kier molecular flexibility index (Phi) is 5.84. The first kappa shape index (κ1) is 20.8. The Labute approximate surface area is 181 Å². The Bertz CT molecular complexity index is 1110. The summed E-state index contributed by atoms with van der Waals surface area (Å²) in [5.41, 5.74) is 4.34. The standard InChI is InChI=1S/C24H26FN5O/c1-16-7-6-8-19(15-16)22-26-18(3)17(2)23(28-22)29-11-13-30(14-12-29)24(31)27-21-10-5-4-9-20(21)25/h4-10,15H,11-14H2,1-3H3,(H,27,31). The van der Waals surface area contributed by atoms with E-state index < -0.39 is 5.82 Å². The molecule has 3 aromatic rings. The number of hydrogen-bond donors (Lipinski definition) is 1. The van der Waals surface area contributed by atoms with E-state index in [2.05, 4.69) is 29.3 Å². The van der Waals surface area contributed by atoms with Crippen LogP contribution in [0.4, 0.5) is 20.7 Å². The normalized spacial score (nSPS) is 13.9. The molecule has 0 unspecified atom stereocenters. The third kappa shape index (κ3) is 4.50. The average molecular weight is 420 g/mol. The molecule has 2 heterocycles. The smallest absolute Gasteiger partial charge is 0.322 e. The van der Waals surface area contributed by atoms with Gasteiger partial charge in [0.2, 0.25) is 0 Å². The SMILES string of the molecule is Cc1cccc(-c2nc(C)c(C)c(N3CCN(C(=O)Nc4ccccc4F)CC3)n2)c1. The lowest BCUT2D eigenvalue weighted by Gasteiger charge is -2.36. The van der Waals surface area contributed by atoms with Gasteiger partial charge in [0.15, 0.2) is 5.82 Å². The monoisotopic (exact) mass is 419 g/mol. The maximum absolute atomic E-state index is 13.8. The third-order valence-electron chi connectivity index (χ3n) is 5.62. The molecule has 6 nitrogen and oxygen atoms in total. The summed E-state index contributed by atoms with van der Waals surface area (Å²) in [5, 5.41) is 2.66. The fourth-order valence-electron chi connectivity index (χ4n) is 3.71. The quantitative estimate of drug-likeness (QED) is 0.676. The molecule has 4 rings (SSSR count). The maximum atomic E-state index is 13.8. The molecule has 1 aliphatic heterocycles. The second-order valence-corrected chi connectivity index (χ2v) is 7.83. The van der Waals surface area contributed by atoms with Crippen molar-refractivity contribution in [1.29, 1.82) is 0 Å². The third-order valence-corrected chi connectivity index (χ3v) is 5.62. The highest BCUT2D eigenvalue weighted by Crippen LogP contribution is 2.26. The fourth-order valence-corrected chi connectivity index (χ4v) is 3.71. The van der Waals surface area contributed by atoms with Crippen LogP contribution in [0, 0.1) is 26.6 Å². The number of nitrogens with zero attached hydrogens (tertiary/aromatic N) is 4. The van der Waals surface area contributed by atoms with Gasteiger partial charge in [0.1, 0.15) is 11.6 Å². The minimum absolute atomic E-state index is 0.194. The average Bonchev–Trinajstić information content (AvgIpc) is 2.77. The van der Waals surface area contributed by atoms with Gasteiger partial charge in [0.25, 0.3) is 0 Å². The van der Waals surface area contributed by atoms with Crippen LogP contribution >= 0.6 is 0 Å². The minimum Gasteiger partial charge on any atom is -0.353 e. The minimum atomic E-state index is -0.440. The van der Waals surface area contributed by atoms with Crippen LogP contribution in [0.15, 0.2) is 48.5 Å². The highest BCUT2D eigenvalue weighted by atomic mass is 19.1. The van der Waals surface area contributed by atoms with Crippen LogP contribution in [-0.4, -0.2) is 47.1 Å². The molecule has 0 bridgehead atoms. The van der Waals surface area contributed by atoms with Gasteiger partial charge in [0.05, 0.1) is 5.69 Å². The number of benzene rings is 2. The van der Waals surface area contributed by atoms with E-state index in [0.717, 1.165) is 28.2 Å². The Morgan fingerprint density at radius 1 is 0.968 bits per heavy atom. The molecule has 1 saturated heterocycles. The molecule has 160 valence electrons. The largest absolute Gasteiger partial charge is 0.353 e. The van der Waals surface area contributed by atoms with Crippen LogP contribution in [0.1, 0.15) is 16.8 Å². The maximum Gasteiger partial charge on any atom is 0.322 e. The van der Waals surface area contributed by atoms with Crippen LogP contribution < -0.4 is 10.2 Å². The van der Waals surface area contributed by atoms with Gasteiger partial charge in [-0.25, -0.2) is 19.2 Å².